The van der Waals surface area contributed by atoms with Gasteiger partial charge < -0.3 is 10.6 Å². The van der Waals surface area contributed by atoms with Crippen LogP contribution in [0.4, 0.5) is 14.5 Å². The minimum atomic E-state index is -2.99. The van der Waals surface area contributed by atoms with Crippen molar-refractivity contribution in [2.45, 2.75) is 13.0 Å². The summed E-state index contributed by atoms with van der Waals surface area (Å²) < 4.78 is 23.9. The Hall–Kier alpha value is -1.49. The van der Waals surface area contributed by atoms with Gasteiger partial charge in [-0.1, -0.05) is 12.1 Å². The van der Waals surface area contributed by atoms with Crippen LogP contribution in [0.2, 0.25) is 0 Å². The molecule has 0 aliphatic rings. The van der Waals surface area contributed by atoms with Gasteiger partial charge in [-0.05, 0) is 24.7 Å². The monoisotopic (exact) mass is 214 g/mol. The summed E-state index contributed by atoms with van der Waals surface area (Å²) in [5.41, 5.74) is 1.30. The van der Waals surface area contributed by atoms with E-state index in [2.05, 4.69) is 10.6 Å². The normalized spacial score (nSPS) is 10.4. The van der Waals surface area contributed by atoms with Crippen molar-refractivity contribution in [1.29, 1.82) is 0 Å². The third kappa shape index (κ3) is 3.63. The smallest absolute Gasteiger partial charge is 0.315 e. The number of alkyl halides is 2. The van der Waals surface area contributed by atoms with Gasteiger partial charge in [0.15, 0.2) is 0 Å². The van der Waals surface area contributed by atoms with Gasteiger partial charge in [-0.2, -0.15) is 8.78 Å². The number of carbonyl (C=O) groups is 1. The van der Waals surface area contributed by atoms with Gasteiger partial charge in [0.1, 0.15) is 0 Å². The van der Waals surface area contributed by atoms with E-state index in [1.54, 1.807) is 25.2 Å². The highest BCUT2D eigenvalue weighted by Crippen LogP contribution is 2.11. The fraction of sp³-hybridized carbons (Fsp3) is 0.300. The van der Waals surface area contributed by atoms with Crippen molar-refractivity contribution < 1.29 is 13.6 Å². The van der Waals surface area contributed by atoms with Crippen molar-refractivity contribution in [3.63, 3.8) is 0 Å². The number of benzene rings is 1. The molecule has 0 heterocycles. The molecule has 1 aromatic carbocycles. The maximum atomic E-state index is 11.9. The average molecular weight is 214 g/mol. The summed E-state index contributed by atoms with van der Waals surface area (Å²) in [6, 6.07) is 6.76. The molecule has 5 heteroatoms. The van der Waals surface area contributed by atoms with Crippen molar-refractivity contribution in [3.8, 4) is 0 Å². The van der Waals surface area contributed by atoms with E-state index in [1.807, 2.05) is 6.07 Å². The number of hydrogen-bond donors (Lipinski definition) is 2. The Morgan fingerprint density at radius 1 is 1.47 bits per heavy atom. The molecule has 0 bridgehead atoms. The lowest BCUT2D eigenvalue weighted by Crippen LogP contribution is -2.20. The van der Waals surface area contributed by atoms with Crippen molar-refractivity contribution in [2.24, 2.45) is 0 Å². The highest BCUT2D eigenvalue weighted by molar-refractivity contribution is 5.93. The zero-order valence-corrected chi connectivity index (χ0v) is 8.26. The van der Waals surface area contributed by atoms with E-state index in [9.17, 15) is 13.6 Å². The number of hydrogen-bond acceptors (Lipinski definition) is 2. The summed E-state index contributed by atoms with van der Waals surface area (Å²) >= 11 is 0. The summed E-state index contributed by atoms with van der Waals surface area (Å²) in [6.07, 6.45) is -2.99. The van der Waals surface area contributed by atoms with Crippen LogP contribution in [0.25, 0.3) is 0 Å². The van der Waals surface area contributed by atoms with E-state index in [0.29, 0.717) is 12.2 Å². The van der Waals surface area contributed by atoms with Gasteiger partial charge in [0.25, 0.3) is 5.91 Å². The molecule has 0 spiro atoms. The van der Waals surface area contributed by atoms with Crippen molar-refractivity contribution in [2.75, 3.05) is 12.4 Å². The predicted octanol–water partition coefficient (Wildman–Crippen LogP) is 1.61. The van der Waals surface area contributed by atoms with Crippen LogP contribution >= 0.6 is 0 Å². The first kappa shape index (κ1) is 11.6. The molecule has 0 fully saturated rings. The van der Waals surface area contributed by atoms with Crippen LogP contribution in [-0.4, -0.2) is 19.4 Å². The second-order valence-corrected chi connectivity index (χ2v) is 3.02. The highest BCUT2D eigenvalue weighted by atomic mass is 19.3. The van der Waals surface area contributed by atoms with E-state index >= 15 is 0 Å². The van der Waals surface area contributed by atoms with Crippen LogP contribution in [0.3, 0.4) is 0 Å². The molecule has 0 saturated carbocycles. The average Bonchev–Trinajstić information content (AvgIpc) is 2.18. The number of halogens is 2. The van der Waals surface area contributed by atoms with Gasteiger partial charge in [0.2, 0.25) is 0 Å². The van der Waals surface area contributed by atoms with E-state index in [1.165, 1.54) is 0 Å². The first-order valence-electron chi connectivity index (χ1n) is 4.46. The molecule has 2 N–H and O–H groups in total. The molecule has 0 unspecified atom stereocenters. The topological polar surface area (TPSA) is 41.1 Å². The maximum absolute atomic E-state index is 11.9. The fourth-order valence-electron chi connectivity index (χ4n) is 1.16. The Labute approximate surface area is 86.5 Å². The van der Waals surface area contributed by atoms with Gasteiger partial charge >= 0.3 is 6.43 Å². The molecule has 15 heavy (non-hydrogen) atoms. The van der Waals surface area contributed by atoms with Gasteiger partial charge in [0, 0.05) is 12.2 Å². The van der Waals surface area contributed by atoms with Crippen molar-refractivity contribution in [1.82, 2.24) is 5.32 Å². The number of nitrogens with one attached hydrogen (secondary N) is 2. The zero-order chi connectivity index (χ0) is 11.3. The second kappa shape index (κ2) is 5.41. The molecule has 0 aliphatic heterocycles. The Kier molecular flexibility index (Phi) is 4.17. The maximum Gasteiger partial charge on any atom is 0.315 e. The van der Waals surface area contributed by atoms with Gasteiger partial charge in [0.05, 0.1) is 0 Å². The van der Waals surface area contributed by atoms with Crippen LogP contribution in [0.5, 0.6) is 0 Å². The lowest BCUT2D eigenvalue weighted by molar-refractivity contribution is -0.126. The van der Waals surface area contributed by atoms with Crippen molar-refractivity contribution in [3.05, 3.63) is 29.8 Å². The van der Waals surface area contributed by atoms with Gasteiger partial charge in [-0.3, -0.25) is 4.79 Å². The number of rotatable bonds is 4. The van der Waals surface area contributed by atoms with Gasteiger partial charge in [-0.15, -0.1) is 0 Å². The lowest BCUT2D eigenvalue weighted by Gasteiger charge is -2.06. The molecular weight excluding hydrogens is 202 g/mol. The van der Waals surface area contributed by atoms with Crippen LogP contribution < -0.4 is 10.6 Å². The zero-order valence-electron chi connectivity index (χ0n) is 8.26. The molecule has 1 amide bonds. The number of carbonyl (C=O) groups excluding carboxylic acids is 1. The SMILES string of the molecule is CNCc1cccc(NC(=O)C(F)F)c1. The third-order valence-electron chi connectivity index (χ3n) is 1.77. The molecule has 0 aliphatic carbocycles. The molecule has 1 aromatic rings. The standard InChI is InChI=1S/C10H12F2N2O/c1-13-6-7-3-2-4-8(5-7)14-10(15)9(11)12/h2-5,9,13H,6H2,1H3,(H,14,15). The Balaban J connectivity index is 2.69. The van der Waals surface area contributed by atoms with Crippen LogP contribution in [0.1, 0.15) is 5.56 Å². The molecule has 0 saturated heterocycles. The lowest BCUT2D eigenvalue weighted by atomic mass is 10.2. The Bertz CT molecular complexity index is 342. The van der Waals surface area contributed by atoms with Crippen LogP contribution in [-0.2, 0) is 11.3 Å². The van der Waals surface area contributed by atoms with Crippen LogP contribution in [0.15, 0.2) is 24.3 Å². The van der Waals surface area contributed by atoms with E-state index in [4.69, 9.17) is 0 Å². The third-order valence-corrected chi connectivity index (χ3v) is 1.77. The molecule has 82 valence electrons. The molecule has 0 atom stereocenters. The summed E-state index contributed by atoms with van der Waals surface area (Å²) in [5, 5.41) is 5.05. The van der Waals surface area contributed by atoms with E-state index in [-0.39, 0.29) is 0 Å². The van der Waals surface area contributed by atoms with Gasteiger partial charge in [-0.25, -0.2) is 0 Å². The number of anilines is 1. The first-order valence-corrected chi connectivity index (χ1v) is 4.46. The molecule has 0 aromatic heterocycles. The predicted molar refractivity (Wildman–Crippen MR) is 53.8 cm³/mol. The first-order chi connectivity index (χ1) is 7.13. The van der Waals surface area contributed by atoms with E-state index in [0.717, 1.165) is 5.56 Å². The molecular formula is C10H12F2N2O. The number of amides is 1. The summed E-state index contributed by atoms with van der Waals surface area (Å²) in [5.74, 6) is -1.28. The summed E-state index contributed by atoms with van der Waals surface area (Å²) in [4.78, 5) is 10.7. The molecule has 1 rings (SSSR count). The molecule has 0 radical (unpaired) electrons. The Morgan fingerprint density at radius 2 is 2.20 bits per heavy atom. The summed E-state index contributed by atoms with van der Waals surface area (Å²) in [7, 11) is 1.78. The Morgan fingerprint density at radius 3 is 2.80 bits per heavy atom. The minimum absolute atomic E-state index is 0.382. The fourth-order valence-corrected chi connectivity index (χ4v) is 1.16. The summed E-state index contributed by atoms with van der Waals surface area (Å²) in [6.45, 7) is 0.623. The second-order valence-electron chi connectivity index (χ2n) is 3.02. The van der Waals surface area contributed by atoms with Crippen molar-refractivity contribution >= 4 is 11.6 Å². The van der Waals surface area contributed by atoms with E-state index < -0.39 is 12.3 Å². The highest BCUT2D eigenvalue weighted by Gasteiger charge is 2.14. The van der Waals surface area contributed by atoms with Crippen LogP contribution in [0, 0.1) is 0 Å². The quantitative estimate of drug-likeness (QED) is 0.799. The molecule has 3 nitrogen and oxygen atoms in total. The minimum Gasteiger partial charge on any atom is -0.321 e. The largest absolute Gasteiger partial charge is 0.321 e.